The molecule has 3 rings (SSSR count). The number of nitrogens with zero attached hydrogens (tertiary/aromatic N) is 4. The van der Waals surface area contributed by atoms with Gasteiger partial charge in [0, 0.05) is 41.9 Å². The van der Waals surface area contributed by atoms with Gasteiger partial charge >= 0.3 is 6.09 Å². The van der Waals surface area contributed by atoms with Gasteiger partial charge in [0.25, 0.3) is 0 Å². The van der Waals surface area contributed by atoms with Gasteiger partial charge in [-0.15, -0.1) is 0 Å². The van der Waals surface area contributed by atoms with Crippen molar-refractivity contribution in [3.63, 3.8) is 0 Å². The number of aromatic nitrogens is 2. The quantitative estimate of drug-likeness (QED) is 0.796. The lowest BCUT2D eigenvalue weighted by molar-refractivity contribution is 0.105. The van der Waals surface area contributed by atoms with Gasteiger partial charge in [-0.25, -0.2) is 14.8 Å². The number of piperazine rings is 1. The predicted octanol–water partition coefficient (Wildman–Crippen LogP) is 3.39. The van der Waals surface area contributed by atoms with E-state index in [2.05, 4.69) is 15.3 Å². The fourth-order valence-corrected chi connectivity index (χ4v) is 3.34. The number of amides is 1. The van der Waals surface area contributed by atoms with E-state index in [1.54, 1.807) is 30.0 Å². The van der Waals surface area contributed by atoms with E-state index in [4.69, 9.17) is 33.7 Å². The lowest BCUT2D eigenvalue weighted by Crippen LogP contribution is -2.49. The van der Waals surface area contributed by atoms with Crippen LogP contribution in [0.3, 0.4) is 0 Å². The number of carbonyl (C=O) groups excluding carboxylic acids is 1. The molecule has 0 spiro atoms. The van der Waals surface area contributed by atoms with Crippen LogP contribution in [0.2, 0.25) is 10.0 Å². The number of hydrogen-bond donors (Lipinski definition) is 2. The van der Waals surface area contributed by atoms with Crippen LogP contribution in [0.1, 0.15) is 6.92 Å². The molecule has 1 aromatic carbocycles. The summed E-state index contributed by atoms with van der Waals surface area (Å²) in [5, 5.41) is 4.14. The second-order valence-electron chi connectivity index (χ2n) is 5.92. The number of hydrogen-bond acceptors (Lipinski definition) is 7. The molecule has 144 valence electrons. The second-order valence-corrected chi connectivity index (χ2v) is 6.79. The Balaban J connectivity index is 1.73. The number of nitrogens with two attached hydrogens (primary N) is 1. The van der Waals surface area contributed by atoms with E-state index in [9.17, 15) is 4.79 Å². The van der Waals surface area contributed by atoms with Crippen molar-refractivity contribution < 1.29 is 9.53 Å². The van der Waals surface area contributed by atoms with Gasteiger partial charge in [0.05, 0.1) is 6.61 Å². The van der Waals surface area contributed by atoms with Gasteiger partial charge in [-0.2, -0.15) is 0 Å². The number of anilines is 4. The van der Waals surface area contributed by atoms with Gasteiger partial charge in [0.15, 0.2) is 11.6 Å². The zero-order chi connectivity index (χ0) is 19.4. The molecule has 1 amide bonds. The third kappa shape index (κ3) is 4.64. The predicted molar refractivity (Wildman–Crippen MR) is 107 cm³/mol. The normalized spacial score (nSPS) is 14.2. The molecule has 0 saturated carbocycles. The Labute approximate surface area is 167 Å². The summed E-state index contributed by atoms with van der Waals surface area (Å²) in [6.45, 7) is 4.42. The first-order valence-electron chi connectivity index (χ1n) is 8.48. The number of ether oxygens (including phenoxy) is 1. The van der Waals surface area contributed by atoms with E-state index in [1.807, 2.05) is 4.90 Å². The average Bonchev–Trinajstić information content (AvgIpc) is 2.63. The molecule has 1 aliphatic heterocycles. The van der Waals surface area contributed by atoms with E-state index in [1.165, 1.54) is 6.33 Å². The molecule has 27 heavy (non-hydrogen) atoms. The van der Waals surface area contributed by atoms with E-state index >= 15 is 0 Å². The molecule has 0 unspecified atom stereocenters. The highest BCUT2D eigenvalue weighted by Gasteiger charge is 2.24. The molecule has 1 saturated heterocycles. The maximum Gasteiger partial charge on any atom is 0.409 e. The van der Waals surface area contributed by atoms with Crippen LogP contribution in [0.25, 0.3) is 0 Å². The first-order valence-corrected chi connectivity index (χ1v) is 9.23. The highest BCUT2D eigenvalue weighted by Crippen LogP contribution is 2.31. The Morgan fingerprint density at radius 1 is 1.19 bits per heavy atom. The maximum atomic E-state index is 11.8. The lowest BCUT2D eigenvalue weighted by Gasteiger charge is -2.35. The molecule has 1 aliphatic rings. The number of nitrogens with one attached hydrogen (secondary N) is 1. The Morgan fingerprint density at radius 2 is 1.85 bits per heavy atom. The molecule has 2 aromatic rings. The molecule has 1 aromatic heterocycles. The molecule has 1 fully saturated rings. The molecule has 8 nitrogen and oxygen atoms in total. The Bertz CT molecular complexity index is 807. The molecule has 0 atom stereocenters. The minimum Gasteiger partial charge on any atom is -0.450 e. The van der Waals surface area contributed by atoms with Gasteiger partial charge in [-0.3, -0.25) is 0 Å². The Hall–Kier alpha value is -2.45. The largest absolute Gasteiger partial charge is 0.450 e. The second kappa shape index (κ2) is 8.49. The van der Waals surface area contributed by atoms with E-state index in [0.29, 0.717) is 65.8 Å². The molecule has 0 radical (unpaired) electrons. The third-order valence-electron chi connectivity index (χ3n) is 4.09. The first kappa shape index (κ1) is 19.3. The van der Waals surface area contributed by atoms with Crippen molar-refractivity contribution in [2.45, 2.75) is 6.92 Å². The molecule has 0 bridgehead atoms. The molecular weight excluding hydrogens is 391 g/mol. The summed E-state index contributed by atoms with van der Waals surface area (Å²) >= 11 is 12.1. The first-order chi connectivity index (χ1) is 13.0. The van der Waals surface area contributed by atoms with Crippen molar-refractivity contribution in [2.24, 2.45) is 0 Å². The van der Waals surface area contributed by atoms with Crippen LogP contribution in [-0.2, 0) is 4.74 Å². The van der Waals surface area contributed by atoms with Crippen molar-refractivity contribution in [3.05, 3.63) is 34.6 Å². The van der Waals surface area contributed by atoms with E-state index in [0.717, 1.165) is 0 Å². The highest BCUT2D eigenvalue weighted by atomic mass is 35.5. The summed E-state index contributed by atoms with van der Waals surface area (Å²) in [5.41, 5.74) is 7.37. The van der Waals surface area contributed by atoms with Crippen molar-refractivity contribution in [3.8, 4) is 0 Å². The van der Waals surface area contributed by atoms with Crippen LogP contribution < -0.4 is 16.0 Å². The minimum atomic E-state index is -0.298. The smallest absolute Gasteiger partial charge is 0.409 e. The summed E-state index contributed by atoms with van der Waals surface area (Å²) in [5.74, 6) is 1.08. The van der Waals surface area contributed by atoms with Gasteiger partial charge in [-0.05, 0) is 25.1 Å². The number of nitrogen functional groups attached to an aromatic ring is 1. The van der Waals surface area contributed by atoms with Crippen molar-refractivity contribution in [1.82, 2.24) is 14.9 Å². The van der Waals surface area contributed by atoms with Gasteiger partial charge < -0.3 is 25.6 Å². The third-order valence-corrected chi connectivity index (χ3v) is 4.53. The SMILES string of the molecule is CCOC(=O)N1CCN(c2ncnc(Nc3cc(Cl)cc(Cl)c3)c2N)CC1. The highest BCUT2D eigenvalue weighted by molar-refractivity contribution is 6.35. The monoisotopic (exact) mass is 410 g/mol. The zero-order valence-electron chi connectivity index (χ0n) is 14.8. The summed E-state index contributed by atoms with van der Waals surface area (Å²) in [7, 11) is 0. The van der Waals surface area contributed by atoms with Crippen LogP contribution in [0.15, 0.2) is 24.5 Å². The number of carbonyl (C=O) groups is 1. The van der Waals surface area contributed by atoms with E-state index in [-0.39, 0.29) is 6.09 Å². The average molecular weight is 411 g/mol. The minimum absolute atomic E-state index is 0.298. The Morgan fingerprint density at radius 3 is 2.48 bits per heavy atom. The fraction of sp³-hybridized carbons (Fsp3) is 0.353. The van der Waals surface area contributed by atoms with Crippen LogP contribution in [0, 0.1) is 0 Å². The van der Waals surface area contributed by atoms with Crippen LogP contribution in [-0.4, -0.2) is 53.7 Å². The summed E-state index contributed by atoms with van der Waals surface area (Å²) < 4.78 is 5.04. The molecule has 3 N–H and O–H groups in total. The van der Waals surface area contributed by atoms with Gasteiger partial charge in [-0.1, -0.05) is 23.2 Å². The summed E-state index contributed by atoms with van der Waals surface area (Å²) in [6.07, 6.45) is 1.14. The standard InChI is InChI=1S/C17H20Cl2N6O2/c1-2-27-17(26)25-5-3-24(4-6-25)16-14(20)15(21-10-22-16)23-13-8-11(18)7-12(19)9-13/h7-10H,2-6,20H2,1H3,(H,21,22,23). The number of benzene rings is 1. The molecular formula is C17H20Cl2N6O2. The van der Waals surface area contributed by atoms with Gasteiger partial charge in [0.2, 0.25) is 0 Å². The number of halogens is 2. The lowest BCUT2D eigenvalue weighted by atomic mass is 10.3. The van der Waals surface area contributed by atoms with E-state index < -0.39 is 0 Å². The molecule has 10 heteroatoms. The van der Waals surface area contributed by atoms with Crippen molar-refractivity contribution >= 4 is 52.3 Å². The summed E-state index contributed by atoms with van der Waals surface area (Å²) in [4.78, 5) is 24.0. The maximum absolute atomic E-state index is 11.8. The topological polar surface area (TPSA) is 96.6 Å². The van der Waals surface area contributed by atoms with Crippen LogP contribution in [0.4, 0.5) is 27.8 Å². The summed E-state index contributed by atoms with van der Waals surface area (Å²) in [6, 6.07) is 5.10. The van der Waals surface area contributed by atoms with Crippen molar-refractivity contribution in [2.75, 3.05) is 48.7 Å². The Kier molecular flexibility index (Phi) is 6.08. The van der Waals surface area contributed by atoms with Gasteiger partial charge in [0.1, 0.15) is 12.0 Å². The van der Waals surface area contributed by atoms with Crippen molar-refractivity contribution in [1.29, 1.82) is 0 Å². The molecule has 2 heterocycles. The fourth-order valence-electron chi connectivity index (χ4n) is 2.82. The molecule has 0 aliphatic carbocycles. The van der Waals surface area contributed by atoms with Crippen LogP contribution >= 0.6 is 23.2 Å². The van der Waals surface area contributed by atoms with Crippen LogP contribution in [0.5, 0.6) is 0 Å². The zero-order valence-corrected chi connectivity index (χ0v) is 16.3. The number of rotatable bonds is 4.